The summed E-state index contributed by atoms with van der Waals surface area (Å²) in [4.78, 5) is 0. The Morgan fingerprint density at radius 3 is 2.14 bits per heavy atom. The number of hydrogen-bond acceptors (Lipinski definition) is 2. The van der Waals surface area contributed by atoms with E-state index in [1.54, 1.807) is 7.11 Å². The summed E-state index contributed by atoms with van der Waals surface area (Å²) >= 11 is 0. The molecule has 0 saturated carbocycles. The van der Waals surface area contributed by atoms with E-state index in [1.807, 2.05) is 12.1 Å². The van der Waals surface area contributed by atoms with Crippen molar-refractivity contribution in [3.63, 3.8) is 0 Å². The number of nitrogens with one attached hydrogen (secondary N) is 1. The van der Waals surface area contributed by atoms with Crippen molar-refractivity contribution in [3.8, 4) is 5.75 Å². The van der Waals surface area contributed by atoms with Crippen LogP contribution in [0.15, 0.2) is 42.5 Å². The number of rotatable bonds is 5. The zero-order valence-electron chi connectivity index (χ0n) is 13.6. The lowest BCUT2D eigenvalue weighted by atomic mass is 10.0. The van der Waals surface area contributed by atoms with E-state index in [0.29, 0.717) is 6.04 Å². The molecule has 2 aromatic rings. The Labute approximate surface area is 128 Å². The van der Waals surface area contributed by atoms with Gasteiger partial charge in [0.05, 0.1) is 7.11 Å². The highest BCUT2D eigenvalue weighted by Gasteiger charge is 2.12. The largest absolute Gasteiger partial charge is 0.497 e. The summed E-state index contributed by atoms with van der Waals surface area (Å²) in [5.74, 6) is 0.903. The molecule has 0 saturated heterocycles. The molecule has 2 nitrogen and oxygen atoms in total. The van der Waals surface area contributed by atoms with Gasteiger partial charge in [-0.2, -0.15) is 0 Å². The fraction of sp³-hybridized carbons (Fsp3) is 0.368. The molecule has 0 fully saturated rings. The summed E-state index contributed by atoms with van der Waals surface area (Å²) in [6.07, 6.45) is 0. The number of benzene rings is 2. The van der Waals surface area contributed by atoms with Gasteiger partial charge in [-0.25, -0.2) is 0 Å². The van der Waals surface area contributed by atoms with E-state index in [0.717, 1.165) is 5.75 Å². The van der Waals surface area contributed by atoms with Crippen molar-refractivity contribution < 1.29 is 4.74 Å². The molecule has 0 heterocycles. The lowest BCUT2D eigenvalue weighted by Crippen LogP contribution is -2.22. The molecule has 0 aliphatic heterocycles. The first-order valence-corrected chi connectivity index (χ1v) is 7.48. The molecule has 0 aliphatic rings. The van der Waals surface area contributed by atoms with Crippen LogP contribution in [0.5, 0.6) is 5.75 Å². The predicted octanol–water partition coefficient (Wildman–Crippen LogP) is 4.72. The van der Waals surface area contributed by atoms with Crippen LogP contribution in [0.1, 0.15) is 48.2 Å². The average Bonchev–Trinajstić information content (AvgIpc) is 2.49. The quantitative estimate of drug-likeness (QED) is 0.857. The number of aryl methyl sites for hydroxylation is 2. The number of hydrogen-bond donors (Lipinski definition) is 1. The first-order chi connectivity index (χ1) is 10.0. The first-order valence-electron chi connectivity index (χ1n) is 7.48. The monoisotopic (exact) mass is 283 g/mol. The Hall–Kier alpha value is -1.80. The molecule has 0 radical (unpaired) electrons. The van der Waals surface area contributed by atoms with Crippen molar-refractivity contribution >= 4 is 0 Å². The Balaban J connectivity index is 2.10. The van der Waals surface area contributed by atoms with Crippen LogP contribution in [-0.2, 0) is 0 Å². The summed E-state index contributed by atoms with van der Waals surface area (Å²) in [5, 5.41) is 3.65. The molecule has 2 rings (SSSR count). The van der Waals surface area contributed by atoms with Gasteiger partial charge in [-0.3, -0.25) is 0 Å². The van der Waals surface area contributed by atoms with Crippen LogP contribution in [-0.4, -0.2) is 7.11 Å². The Kier molecular flexibility index (Phi) is 5.03. The van der Waals surface area contributed by atoms with Gasteiger partial charge in [-0.1, -0.05) is 30.3 Å². The molecule has 2 aromatic carbocycles. The summed E-state index contributed by atoms with van der Waals surface area (Å²) in [7, 11) is 1.70. The second-order valence-electron chi connectivity index (χ2n) is 5.73. The minimum atomic E-state index is 0.275. The third kappa shape index (κ3) is 3.85. The molecular weight excluding hydrogens is 258 g/mol. The van der Waals surface area contributed by atoms with E-state index in [1.165, 1.54) is 22.3 Å². The highest BCUT2D eigenvalue weighted by Crippen LogP contribution is 2.23. The van der Waals surface area contributed by atoms with Crippen LogP contribution in [0.3, 0.4) is 0 Å². The fourth-order valence-corrected chi connectivity index (χ4v) is 2.51. The summed E-state index contributed by atoms with van der Waals surface area (Å²) < 4.78 is 5.30. The van der Waals surface area contributed by atoms with E-state index >= 15 is 0 Å². The molecule has 0 aromatic heterocycles. The van der Waals surface area contributed by atoms with Gasteiger partial charge in [-0.05, 0) is 62.1 Å². The predicted molar refractivity (Wildman–Crippen MR) is 88.9 cm³/mol. The van der Waals surface area contributed by atoms with E-state index in [9.17, 15) is 0 Å². The van der Waals surface area contributed by atoms with Gasteiger partial charge in [0, 0.05) is 12.1 Å². The maximum atomic E-state index is 5.30. The molecule has 0 spiro atoms. The third-order valence-electron chi connectivity index (χ3n) is 4.12. The summed E-state index contributed by atoms with van der Waals surface area (Å²) in [5.41, 5.74) is 5.25. The van der Waals surface area contributed by atoms with Gasteiger partial charge in [0.1, 0.15) is 5.75 Å². The minimum Gasteiger partial charge on any atom is -0.497 e. The van der Waals surface area contributed by atoms with Gasteiger partial charge in [0.25, 0.3) is 0 Å². The van der Waals surface area contributed by atoms with Crippen LogP contribution in [0.2, 0.25) is 0 Å². The van der Waals surface area contributed by atoms with Gasteiger partial charge in [-0.15, -0.1) is 0 Å². The van der Waals surface area contributed by atoms with Gasteiger partial charge < -0.3 is 10.1 Å². The van der Waals surface area contributed by atoms with Crippen molar-refractivity contribution in [2.75, 3.05) is 7.11 Å². The zero-order chi connectivity index (χ0) is 15.4. The van der Waals surface area contributed by atoms with E-state index in [4.69, 9.17) is 4.74 Å². The van der Waals surface area contributed by atoms with E-state index in [-0.39, 0.29) is 6.04 Å². The smallest absolute Gasteiger partial charge is 0.119 e. The molecule has 2 atom stereocenters. The second-order valence-corrected chi connectivity index (χ2v) is 5.73. The molecule has 0 amide bonds. The SMILES string of the molecule is COc1cccc(C(C)NC(C)c2ccc(C)c(C)c2)c1. The maximum absolute atomic E-state index is 5.30. The van der Waals surface area contributed by atoms with Crippen LogP contribution < -0.4 is 10.1 Å². The lowest BCUT2D eigenvalue weighted by Gasteiger charge is -2.22. The van der Waals surface area contributed by atoms with E-state index in [2.05, 4.69) is 63.3 Å². The van der Waals surface area contributed by atoms with E-state index < -0.39 is 0 Å². The fourth-order valence-electron chi connectivity index (χ4n) is 2.51. The zero-order valence-corrected chi connectivity index (χ0v) is 13.6. The third-order valence-corrected chi connectivity index (χ3v) is 4.12. The number of methoxy groups -OCH3 is 1. The molecule has 2 unspecified atom stereocenters. The Morgan fingerprint density at radius 2 is 1.52 bits per heavy atom. The molecule has 0 aliphatic carbocycles. The molecule has 112 valence electrons. The summed E-state index contributed by atoms with van der Waals surface area (Å²) in [6.45, 7) is 8.71. The van der Waals surface area contributed by atoms with Crippen molar-refractivity contribution in [3.05, 3.63) is 64.7 Å². The lowest BCUT2D eigenvalue weighted by molar-refractivity contribution is 0.412. The molecule has 1 N–H and O–H groups in total. The van der Waals surface area contributed by atoms with Crippen LogP contribution in [0, 0.1) is 13.8 Å². The van der Waals surface area contributed by atoms with Crippen molar-refractivity contribution in [1.29, 1.82) is 0 Å². The highest BCUT2D eigenvalue weighted by molar-refractivity contribution is 5.33. The van der Waals surface area contributed by atoms with Crippen LogP contribution in [0.25, 0.3) is 0 Å². The minimum absolute atomic E-state index is 0.275. The second kappa shape index (κ2) is 6.77. The Morgan fingerprint density at radius 1 is 0.857 bits per heavy atom. The number of ether oxygens (including phenoxy) is 1. The first kappa shape index (κ1) is 15.6. The standard InChI is InChI=1S/C19H25NO/c1-13-9-10-18(11-14(13)2)16(4)20-15(3)17-7-6-8-19(12-17)21-5/h6-12,15-16,20H,1-5H3. The molecular formula is C19H25NO. The van der Waals surface area contributed by atoms with Gasteiger partial charge >= 0.3 is 0 Å². The average molecular weight is 283 g/mol. The van der Waals surface area contributed by atoms with Crippen molar-refractivity contribution in [2.45, 2.75) is 39.8 Å². The van der Waals surface area contributed by atoms with Gasteiger partial charge in [0.15, 0.2) is 0 Å². The summed E-state index contributed by atoms with van der Waals surface area (Å²) in [6, 6.07) is 15.5. The van der Waals surface area contributed by atoms with Crippen LogP contribution >= 0.6 is 0 Å². The van der Waals surface area contributed by atoms with Crippen molar-refractivity contribution in [2.24, 2.45) is 0 Å². The molecule has 2 heteroatoms. The highest BCUT2D eigenvalue weighted by atomic mass is 16.5. The van der Waals surface area contributed by atoms with Gasteiger partial charge in [0.2, 0.25) is 0 Å². The normalized spacial score (nSPS) is 13.8. The molecule has 0 bridgehead atoms. The van der Waals surface area contributed by atoms with Crippen LogP contribution in [0.4, 0.5) is 0 Å². The molecule has 21 heavy (non-hydrogen) atoms. The Bertz CT molecular complexity index is 606. The van der Waals surface area contributed by atoms with Crippen molar-refractivity contribution in [1.82, 2.24) is 5.32 Å². The topological polar surface area (TPSA) is 21.3 Å². The maximum Gasteiger partial charge on any atom is 0.119 e.